The molecular weight excluding hydrogens is 356 g/mol. The quantitative estimate of drug-likeness (QED) is 0.483. The van der Waals surface area contributed by atoms with Crippen LogP contribution in [-0.2, 0) is 22.7 Å². The number of hydrogen-bond donors (Lipinski definition) is 3. The Labute approximate surface area is 165 Å². The Kier molecular flexibility index (Phi) is 5.73. The third-order valence-electron chi connectivity index (χ3n) is 6.02. The van der Waals surface area contributed by atoms with Crippen LogP contribution in [0.5, 0.6) is 0 Å². The molecule has 2 saturated heterocycles. The van der Waals surface area contributed by atoms with Crippen LogP contribution < -0.4 is 16.0 Å². The molecule has 3 amide bonds. The number of amides is 3. The summed E-state index contributed by atoms with van der Waals surface area (Å²) in [5.41, 5.74) is 2.66. The molecule has 3 heterocycles. The van der Waals surface area contributed by atoms with Crippen molar-refractivity contribution < 1.29 is 14.4 Å². The second-order valence-corrected chi connectivity index (χ2v) is 7.96. The first-order valence-electron chi connectivity index (χ1n) is 10.3. The summed E-state index contributed by atoms with van der Waals surface area (Å²) < 4.78 is 0. The third kappa shape index (κ3) is 3.95. The number of nitrogens with zero attached hydrogens (tertiary/aromatic N) is 1. The van der Waals surface area contributed by atoms with Crippen LogP contribution >= 0.6 is 0 Å². The summed E-state index contributed by atoms with van der Waals surface area (Å²) in [6.45, 7) is 3.14. The predicted octanol–water partition coefficient (Wildman–Crippen LogP) is 1.07. The normalized spacial score (nSPS) is 24.6. The summed E-state index contributed by atoms with van der Waals surface area (Å²) in [6.07, 6.45) is 5.52. The molecule has 0 spiro atoms. The number of imide groups is 1. The van der Waals surface area contributed by atoms with Gasteiger partial charge in [-0.3, -0.25) is 19.7 Å². The second kappa shape index (κ2) is 8.41. The van der Waals surface area contributed by atoms with E-state index in [0.29, 0.717) is 25.6 Å². The van der Waals surface area contributed by atoms with Crippen molar-refractivity contribution in [1.82, 2.24) is 20.9 Å². The van der Waals surface area contributed by atoms with Crippen molar-refractivity contribution in [3.8, 4) is 0 Å². The highest BCUT2D eigenvalue weighted by Gasteiger charge is 2.39. The summed E-state index contributed by atoms with van der Waals surface area (Å²) in [4.78, 5) is 38.2. The first-order chi connectivity index (χ1) is 13.6. The fourth-order valence-corrected chi connectivity index (χ4v) is 4.54. The van der Waals surface area contributed by atoms with E-state index in [0.717, 1.165) is 36.2 Å². The van der Waals surface area contributed by atoms with Gasteiger partial charge in [-0.25, -0.2) is 0 Å². The maximum atomic E-state index is 13.0. The van der Waals surface area contributed by atoms with Crippen molar-refractivity contribution in [2.75, 3.05) is 13.1 Å². The van der Waals surface area contributed by atoms with Crippen molar-refractivity contribution in [2.45, 2.75) is 63.7 Å². The minimum absolute atomic E-state index is 0.0999. The van der Waals surface area contributed by atoms with Crippen LogP contribution in [0.25, 0.3) is 0 Å². The van der Waals surface area contributed by atoms with Crippen LogP contribution in [0.1, 0.15) is 60.0 Å². The van der Waals surface area contributed by atoms with E-state index in [4.69, 9.17) is 0 Å². The highest BCUT2D eigenvalue weighted by atomic mass is 16.2. The van der Waals surface area contributed by atoms with Gasteiger partial charge in [-0.15, -0.1) is 0 Å². The summed E-state index contributed by atoms with van der Waals surface area (Å²) in [5, 5.41) is 9.33. The summed E-state index contributed by atoms with van der Waals surface area (Å²) in [7, 11) is 0. The predicted molar refractivity (Wildman–Crippen MR) is 104 cm³/mol. The standard InChI is InChI=1S/C21H28N4O3/c26-18-9-8-17(20(27)24-18)25-13-15-5-1-4-14(19(15)21(25)28)12-22-10-2-6-16-7-3-11-23-16/h1,4-5,16-17,22-23H,2-3,6-13H2,(H,24,26,27). The lowest BCUT2D eigenvalue weighted by atomic mass is 10.0. The maximum absolute atomic E-state index is 13.0. The molecule has 150 valence electrons. The lowest BCUT2D eigenvalue weighted by Gasteiger charge is -2.29. The summed E-state index contributed by atoms with van der Waals surface area (Å²) >= 11 is 0. The summed E-state index contributed by atoms with van der Waals surface area (Å²) in [5.74, 6) is -0.724. The van der Waals surface area contributed by atoms with E-state index in [1.807, 2.05) is 18.2 Å². The van der Waals surface area contributed by atoms with Gasteiger partial charge in [0.15, 0.2) is 0 Å². The van der Waals surface area contributed by atoms with Gasteiger partial charge in [0.2, 0.25) is 11.8 Å². The molecule has 0 aromatic heterocycles. The molecule has 0 saturated carbocycles. The SMILES string of the molecule is O=C1CCC(N2Cc3cccc(CNCCCC4CCCN4)c3C2=O)C(=O)N1. The first kappa shape index (κ1) is 19.1. The van der Waals surface area contributed by atoms with Gasteiger partial charge in [0.25, 0.3) is 5.91 Å². The Balaban J connectivity index is 1.35. The fraction of sp³-hybridized carbons (Fsp3) is 0.571. The van der Waals surface area contributed by atoms with Gasteiger partial charge in [-0.05, 0) is 56.3 Å². The van der Waals surface area contributed by atoms with Gasteiger partial charge >= 0.3 is 0 Å². The number of benzene rings is 1. The molecule has 7 heteroatoms. The van der Waals surface area contributed by atoms with Crippen LogP contribution in [0, 0.1) is 0 Å². The maximum Gasteiger partial charge on any atom is 0.255 e. The Bertz CT molecular complexity index is 773. The van der Waals surface area contributed by atoms with E-state index in [1.165, 1.54) is 19.3 Å². The van der Waals surface area contributed by atoms with Gasteiger partial charge in [0.1, 0.15) is 6.04 Å². The smallest absolute Gasteiger partial charge is 0.255 e. The van der Waals surface area contributed by atoms with Crippen molar-refractivity contribution in [3.63, 3.8) is 0 Å². The molecule has 7 nitrogen and oxygen atoms in total. The molecule has 2 atom stereocenters. The Morgan fingerprint density at radius 2 is 2.07 bits per heavy atom. The second-order valence-electron chi connectivity index (χ2n) is 7.96. The van der Waals surface area contributed by atoms with Crippen molar-refractivity contribution in [3.05, 3.63) is 34.9 Å². The molecule has 3 aliphatic heterocycles. The topological polar surface area (TPSA) is 90.5 Å². The van der Waals surface area contributed by atoms with E-state index >= 15 is 0 Å². The van der Waals surface area contributed by atoms with Crippen molar-refractivity contribution in [2.24, 2.45) is 0 Å². The lowest BCUT2D eigenvalue weighted by molar-refractivity contribution is -0.136. The van der Waals surface area contributed by atoms with Crippen molar-refractivity contribution >= 4 is 17.7 Å². The minimum Gasteiger partial charge on any atom is -0.322 e. The third-order valence-corrected chi connectivity index (χ3v) is 6.02. The van der Waals surface area contributed by atoms with Crippen LogP contribution in [0.15, 0.2) is 18.2 Å². The molecule has 3 N–H and O–H groups in total. The van der Waals surface area contributed by atoms with E-state index < -0.39 is 6.04 Å². The van der Waals surface area contributed by atoms with Gasteiger partial charge in [0.05, 0.1) is 0 Å². The molecule has 2 unspecified atom stereocenters. The molecule has 3 aliphatic rings. The molecule has 28 heavy (non-hydrogen) atoms. The van der Waals surface area contributed by atoms with Crippen LogP contribution in [0.3, 0.4) is 0 Å². The van der Waals surface area contributed by atoms with Gasteiger partial charge in [-0.1, -0.05) is 18.2 Å². The van der Waals surface area contributed by atoms with Crippen LogP contribution in [0.2, 0.25) is 0 Å². The van der Waals surface area contributed by atoms with Gasteiger partial charge in [-0.2, -0.15) is 0 Å². The average Bonchev–Trinajstić information content (AvgIpc) is 3.30. The molecule has 1 aromatic carbocycles. The van der Waals surface area contributed by atoms with E-state index in [9.17, 15) is 14.4 Å². The number of piperidine rings is 1. The van der Waals surface area contributed by atoms with Crippen LogP contribution in [-0.4, -0.2) is 47.8 Å². The number of rotatable bonds is 7. The largest absolute Gasteiger partial charge is 0.322 e. The number of carbonyl (C=O) groups excluding carboxylic acids is 3. The molecule has 4 rings (SSSR count). The first-order valence-corrected chi connectivity index (χ1v) is 10.3. The highest BCUT2D eigenvalue weighted by Crippen LogP contribution is 2.29. The van der Waals surface area contributed by atoms with Crippen LogP contribution in [0.4, 0.5) is 0 Å². The molecule has 1 aromatic rings. The zero-order valence-electron chi connectivity index (χ0n) is 16.1. The minimum atomic E-state index is -0.558. The van der Waals surface area contributed by atoms with E-state index in [2.05, 4.69) is 16.0 Å². The van der Waals surface area contributed by atoms with Crippen molar-refractivity contribution in [1.29, 1.82) is 0 Å². The number of nitrogens with one attached hydrogen (secondary N) is 3. The fourth-order valence-electron chi connectivity index (χ4n) is 4.54. The lowest BCUT2D eigenvalue weighted by Crippen LogP contribution is -2.52. The molecule has 2 fully saturated rings. The zero-order chi connectivity index (χ0) is 19.5. The number of hydrogen-bond acceptors (Lipinski definition) is 5. The number of fused-ring (bicyclic) bond motifs is 1. The van der Waals surface area contributed by atoms with Gasteiger partial charge in [0, 0.05) is 31.1 Å². The molecular formula is C21H28N4O3. The highest BCUT2D eigenvalue weighted by molar-refractivity contribution is 6.05. The number of carbonyl (C=O) groups is 3. The molecule has 0 radical (unpaired) electrons. The summed E-state index contributed by atoms with van der Waals surface area (Å²) in [6, 6.07) is 6.01. The Hall–Kier alpha value is -2.25. The average molecular weight is 384 g/mol. The molecule has 0 aliphatic carbocycles. The van der Waals surface area contributed by atoms with E-state index in [1.54, 1.807) is 4.90 Å². The zero-order valence-corrected chi connectivity index (χ0v) is 16.1. The monoisotopic (exact) mass is 384 g/mol. The van der Waals surface area contributed by atoms with E-state index in [-0.39, 0.29) is 24.1 Å². The van der Waals surface area contributed by atoms with Gasteiger partial charge < -0.3 is 15.5 Å². The Morgan fingerprint density at radius 3 is 2.86 bits per heavy atom. The Morgan fingerprint density at radius 1 is 1.18 bits per heavy atom. The molecule has 0 bridgehead atoms.